The Balaban J connectivity index is 1.76. The molecule has 2 rings (SSSR count). The van der Waals surface area contributed by atoms with E-state index < -0.39 is 0 Å². The van der Waals surface area contributed by atoms with Gasteiger partial charge >= 0.3 is 0 Å². The topological polar surface area (TPSA) is 41.6 Å². The number of nitrogens with zero attached hydrogens (tertiary/aromatic N) is 1. The molecule has 1 atom stereocenters. The van der Waals surface area contributed by atoms with Crippen LogP contribution in [-0.4, -0.2) is 44.1 Å². The number of nitrogens with one attached hydrogen (secondary N) is 1. The number of rotatable bonds is 5. The van der Waals surface area contributed by atoms with E-state index in [1.807, 2.05) is 38.2 Å². The molecule has 4 nitrogen and oxygen atoms in total. The molecule has 0 saturated carbocycles. The van der Waals surface area contributed by atoms with Crippen molar-refractivity contribution in [2.75, 3.05) is 33.3 Å². The molecule has 1 N–H and O–H groups in total. The normalized spacial score (nSPS) is 18.3. The second-order valence-corrected chi connectivity index (χ2v) is 5.06. The van der Waals surface area contributed by atoms with Crippen LogP contribution in [0.1, 0.15) is 12.0 Å². The van der Waals surface area contributed by atoms with Gasteiger partial charge in [-0.25, -0.2) is 0 Å². The summed E-state index contributed by atoms with van der Waals surface area (Å²) in [6.07, 6.45) is 0.946. The molecule has 0 radical (unpaired) electrons. The summed E-state index contributed by atoms with van der Waals surface area (Å²) in [6, 6.07) is 7.93. The molecule has 1 aliphatic rings. The second-order valence-electron chi connectivity index (χ2n) is 5.06. The summed E-state index contributed by atoms with van der Waals surface area (Å²) < 4.78 is 5.71. The van der Waals surface area contributed by atoms with Crippen molar-refractivity contribution < 1.29 is 9.53 Å². The first kappa shape index (κ1) is 13.9. The van der Waals surface area contributed by atoms with Crippen LogP contribution in [0.4, 0.5) is 0 Å². The molecule has 19 heavy (non-hydrogen) atoms. The maximum absolute atomic E-state index is 12.1. The molecule has 0 spiro atoms. The lowest BCUT2D eigenvalue weighted by atomic mass is 10.1. The first-order valence-electron chi connectivity index (χ1n) is 6.82. The number of benzene rings is 1. The number of ether oxygens (including phenoxy) is 1. The van der Waals surface area contributed by atoms with Crippen LogP contribution in [0.3, 0.4) is 0 Å². The smallest absolute Gasteiger partial charge is 0.226 e. The van der Waals surface area contributed by atoms with Gasteiger partial charge in [-0.2, -0.15) is 0 Å². The lowest BCUT2D eigenvalue weighted by molar-refractivity contribution is -0.133. The quantitative estimate of drug-likeness (QED) is 0.873. The zero-order chi connectivity index (χ0) is 13.7. The molecule has 4 heteroatoms. The predicted molar refractivity (Wildman–Crippen MR) is 75.3 cm³/mol. The van der Waals surface area contributed by atoms with Crippen molar-refractivity contribution in [3.63, 3.8) is 0 Å². The van der Waals surface area contributed by atoms with E-state index in [1.165, 1.54) is 0 Å². The van der Waals surface area contributed by atoms with Crippen LogP contribution < -0.4 is 10.1 Å². The largest absolute Gasteiger partial charge is 0.491 e. The Kier molecular flexibility index (Phi) is 4.80. The highest BCUT2D eigenvalue weighted by Gasteiger charge is 2.24. The van der Waals surface area contributed by atoms with Gasteiger partial charge in [-0.05, 0) is 31.5 Å². The minimum absolute atomic E-state index is 0.142. The molecular weight excluding hydrogens is 240 g/mol. The van der Waals surface area contributed by atoms with Gasteiger partial charge in [-0.3, -0.25) is 4.79 Å². The van der Waals surface area contributed by atoms with Crippen molar-refractivity contribution in [1.29, 1.82) is 0 Å². The van der Waals surface area contributed by atoms with Gasteiger partial charge in [0.15, 0.2) is 0 Å². The molecule has 1 unspecified atom stereocenters. The van der Waals surface area contributed by atoms with Crippen LogP contribution in [0.25, 0.3) is 0 Å². The van der Waals surface area contributed by atoms with Crippen molar-refractivity contribution in [3.8, 4) is 5.75 Å². The monoisotopic (exact) mass is 262 g/mol. The Labute approximate surface area is 114 Å². The molecule has 1 aromatic rings. The van der Waals surface area contributed by atoms with E-state index in [2.05, 4.69) is 5.32 Å². The first-order chi connectivity index (χ1) is 9.18. The number of likely N-dealkylation sites (N-methyl/N-ethyl adjacent to an activating group) is 1. The van der Waals surface area contributed by atoms with Gasteiger partial charge in [0.25, 0.3) is 0 Å². The van der Waals surface area contributed by atoms with Gasteiger partial charge in [0.05, 0.1) is 12.5 Å². The van der Waals surface area contributed by atoms with E-state index >= 15 is 0 Å². The summed E-state index contributed by atoms with van der Waals surface area (Å²) >= 11 is 0. The van der Waals surface area contributed by atoms with Gasteiger partial charge in [-0.15, -0.1) is 0 Å². The third kappa shape index (κ3) is 3.70. The number of amides is 1. The van der Waals surface area contributed by atoms with Crippen LogP contribution in [-0.2, 0) is 4.79 Å². The SMILES string of the molecule is Cc1ccccc1OCCN(C)C(=O)C1CCNC1. The fourth-order valence-corrected chi connectivity index (χ4v) is 2.30. The predicted octanol–water partition coefficient (Wildman–Crippen LogP) is 1.44. The van der Waals surface area contributed by atoms with E-state index in [9.17, 15) is 4.79 Å². The first-order valence-corrected chi connectivity index (χ1v) is 6.82. The fraction of sp³-hybridized carbons (Fsp3) is 0.533. The summed E-state index contributed by atoms with van der Waals surface area (Å²) in [5.74, 6) is 1.26. The third-order valence-electron chi connectivity index (χ3n) is 3.56. The van der Waals surface area contributed by atoms with E-state index in [-0.39, 0.29) is 11.8 Å². The van der Waals surface area contributed by atoms with Gasteiger partial charge in [0.2, 0.25) is 5.91 Å². The summed E-state index contributed by atoms with van der Waals surface area (Å²) in [6.45, 7) is 4.94. The van der Waals surface area contributed by atoms with Gasteiger partial charge in [-0.1, -0.05) is 18.2 Å². The lowest BCUT2D eigenvalue weighted by Gasteiger charge is -2.21. The third-order valence-corrected chi connectivity index (χ3v) is 3.56. The van der Waals surface area contributed by atoms with Crippen molar-refractivity contribution in [2.45, 2.75) is 13.3 Å². The summed E-state index contributed by atoms with van der Waals surface area (Å²) in [4.78, 5) is 13.9. The molecule has 1 amide bonds. The van der Waals surface area contributed by atoms with E-state index in [1.54, 1.807) is 4.90 Å². The minimum atomic E-state index is 0.142. The van der Waals surface area contributed by atoms with Gasteiger partial charge < -0.3 is 15.0 Å². The average molecular weight is 262 g/mol. The van der Waals surface area contributed by atoms with Crippen molar-refractivity contribution in [1.82, 2.24) is 10.2 Å². The molecule has 1 aromatic carbocycles. The van der Waals surface area contributed by atoms with Crippen LogP contribution in [0.5, 0.6) is 5.75 Å². The van der Waals surface area contributed by atoms with Gasteiger partial charge in [0.1, 0.15) is 12.4 Å². The van der Waals surface area contributed by atoms with Crippen LogP contribution in [0, 0.1) is 12.8 Å². The molecule has 0 aliphatic carbocycles. The molecule has 0 bridgehead atoms. The molecular formula is C15H22N2O2. The minimum Gasteiger partial charge on any atom is -0.491 e. The number of carbonyl (C=O) groups is 1. The lowest BCUT2D eigenvalue weighted by Crippen LogP contribution is -2.36. The summed E-state index contributed by atoms with van der Waals surface area (Å²) in [5, 5.41) is 3.22. The Morgan fingerprint density at radius 1 is 1.47 bits per heavy atom. The summed E-state index contributed by atoms with van der Waals surface area (Å²) in [7, 11) is 1.85. The van der Waals surface area contributed by atoms with Crippen LogP contribution in [0.15, 0.2) is 24.3 Å². The summed E-state index contributed by atoms with van der Waals surface area (Å²) in [5.41, 5.74) is 1.12. The molecule has 1 fully saturated rings. The second kappa shape index (κ2) is 6.57. The van der Waals surface area contributed by atoms with Crippen molar-refractivity contribution in [2.24, 2.45) is 5.92 Å². The fourth-order valence-electron chi connectivity index (χ4n) is 2.30. The number of hydrogen-bond acceptors (Lipinski definition) is 3. The van der Waals surface area contributed by atoms with E-state index in [4.69, 9.17) is 4.74 Å². The standard InChI is InChI=1S/C15H22N2O2/c1-12-5-3-4-6-14(12)19-10-9-17(2)15(18)13-7-8-16-11-13/h3-6,13,16H,7-11H2,1-2H3. The van der Waals surface area contributed by atoms with Crippen molar-refractivity contribution in [3.05, 3.63) is 29.8 Å². The van der Waals surface area contributed by atoms with Crippen molar-refractivity contribution >= 4 is 5.91 Å². The van der Waals surface area contributed by atoms with E-state index in [0.29, 0.717) is 13.2 Å². The maximum atomic E-state index is 12.1. The molecule has 1 aliphatic heterocycles. The Morgan fingerprint density at radius 2 is 2.26 bits per heavy atom. The maximum Gasteiger partial charge on any atom is 0.226 e. The molecule has 104 valence electrons. The highest BCUT2D eigenvalue weighted by molar-refractivity contribution is 5.79. The Hall–Kier alpha value is -1.55. The number of carbonyl (C=O) groups excluding carboxylic acids is 1. The molecule has 0 aromatic heterocycles. The Morgan fingerprint density at radius 3 is 2.95 bits per heavy atom. The number of aryl methyl sites for hydroxylation is 1. The zero-order valence-corrected chi connectivity index (χ0v) is 11.7. The zero-order valence-electron chi connectivity index (χ0n) is 11.7. The number of para-hydroxylation sites is 1. The van der Waals surface area contributed by atoms with Gasteiger partial charge in [0, 0.05) is 13.6 Å². The average Bonchev–Trinajstić information content (AvgIpc) is 2.94. The van der Waals surface area contributed by atoms with Crippen LogP contribution in [0.2, 0.25) is 0 Å². The Bertz CT molecular complexity index is 428. The highest BCUT2D eigenvalue weighted by atomic mass is 16.5. The highest BCUT2D eigenvalue weighted by Crippen LogP contribution is 2.16. The van der Waals surface area contributed by atoms with Crippen LogP contribution >= 0.6 is 0 Å². The number of hydrogen-bond donors (Lipinski definition) is 1. The molecule has 1 heterocycles. The van der Waals surface area contributed by atoms with E-state index in [0.717, 1.165) is 30.8 Å². The molecule has 1 saturated heterocycles.